The minimum Gasteiger partial charge on any atom is -0.314 e. The topological polar surface area (TPSA) is 29.1 Å². The van der Waals surface area contributed by atoms with Crippen molar-refractivity contribution in [3.63, 3.8) is 0 Å². The van der Waals surface area contributed by atoms with E-state index in [2.05, 4.69) is 5.32 Å². The van der Waals surface area contributed by atoms with E-state index in [1.807, 2.05) is 6.92 Å². The maximum Gasteiger partial charge on any atom is 0.137 e. The highest BCUT2D eigenvalue weighted by Gasteiger charge is 2.14. The molecule has 0 amide bonds. The van der Waals surface area contributed by atoms with Crippen LogP contribution < -0.4 is 5.32 Å². The molecule has 0 saturated carbocycles. The zero-order valence-electron chi connectivity index (χ0n) is 11.5. The molecule has 3 heteroatoms. The van der Waals surface area contributed by atoms with Gasteiger partial charge in [-0.15, -0.1) is 0 Å². The number of benzene rings is 1. The van der Waals surface area contributed by atoms with Crippen molar-refractivity contribution in [3.8, 4) is 0 Å². The maximum absolute atomic E-state index is 13.0. The monoisotopic (exact) mass is 263 g/mol. The van der Waals surface area contributed by atoms with Crippen LogP contribution >= 0.6 is 0 Å². The number of carbonyl (C=O) groups is 1. The fraction of sp³-hybridized carbons (Fsp3) is 0.562. The highest BCUT2D eigenvalue weighted by Crippen LogP contribution is 2.15. The van der Waals surface area contributed by atoms with Gasteiger partial charge in [0, 0.05) is 18.9 Å². The molecule has 1 fully saturated rings. The van der Waals surface area contributed by atoms with Crippen molar-refractivity contribution in [2.24, 2.45) is 0 Å². The molecule has 1 aromatic rings. The summed E-state index contributed by atoms with van der Waals surface area (Å²) >= 11 is 0. The number of nitrogens with one attached hydrogen (secondary N) is 1. The maximum atomic E-state index is 13.0. The molecule has 1 aliphatic heterocycles. The Hall–Kier alpha value is -1.22. The van der Waals surface area contributed by atoms with Gasteiger partial charge in [0.05, 0.1) is 0 Å². The predicted octanol–water partition coefficient (Wildman–Crippen LogP) is 3.17. The van der Waals surface area contributed by atoms with Gasteiger partial charge in [-0.2, -0.15) is 0 Å². The van der Waals surface area contributed by atoms with Crippen LogP contribution in [0.2, 0.25) is 0 Å². The number of hydrogen-bond acceptors (Lipinski definition) is 2. The number of carbonyl (C=O) groups excluding carboxylic acids is 1. The van der Waals surface area contributed by atoms with Crippen molar-refractivity contribution < 1.29 is 9.18 Å². The van der Waals surface area contributed by atoms with Gasteiger partial charge in [0.2, 0.25) is 0 Å². The van der Waals surface area contributed by atoms with Gasteiger partial charge in [-0.3, -0.25) is 4.79 Å². The number of ketones is 1. The van der Waals surface area contributed by atoms with E-state index in [1.165, 1.54) is 31.4 Å². The molecule has 1 aliphatic rings. The zero-order chi connectivity index (χ0) is 13.7. The molecule has 19 heavy (non-hydrogen) atoms. The number of piperidine rings is 1. The Kier molecular flexibility index (Phi) is 5.08. The first-order valence-electron chi connectivity index (χ1n) is 7.15. The second-order valence-electron chi connectivity index (χ2n) is 5.47. The van der Waals surface area contributed by atoms with Crippen molar-refractivity contribution in [2.75, 3.05) is 6.54 Å². The Labute approximate surface area is 114 Å². The molecule has 0 bridgehead atoms. The summed E-state index contributed by atoms with van der Waals surface area (Å²) in [6, 6.07) is 5.15. The lowest BCUT2D eigenvalue weighted by Crippen LogP contribution is -2.34. The molecule has 0 aromatic heterocycles. The van der Waals surface area contributed by atoms with Crippen molar-refractivity contribution in [3.05, 3.63) is 35.1 Å². The van der Waals surface area contributed by atoms with Crippen LogP contribution in [0.25, 0.3) is 0 Å². The van der Waals surface area contributed by atoms with Gasteiger partial charge < -0.3 is 5.32 Å². The minimum absolute atomic E-state index is 0.236. The molecule has 1 atom stereocenters. The van der Waals surface area contributed by atoms with Gasteiger partial charge in [-0.1, -0.05) is 12.5 Å². The fourth-order valence-electron chi connectivity index (χ4n) is 2.66. The summed E-state index contributed by atoms with van der Waals surface area (Å²) in [6.07, 6.45) is 5.68. The fourth-order valence-corrected chi connectivity index (χ4v) is 2.66. The second kappa shape index (κ2) is 6.80. The lowest BCUT2D eigenvalue weighted by atomic mass is 9.96. The first-order valence-corrected chi connectivity index (χ1v) is 7.15. The number of hydrogen-bond donors (Lipinski definition) is 1. The first kappa shape index (κ1) is 14.2. The molecule has 0 aliphatic carbocycles. The summed E-state index contributed by atoms with van der Waals surface area (Å²) < 4.78 is 13.0. The third-order valence-electron chi connectivity index (χ3n) is 3.88. The van der Waals surface area contributed by atoms with Crippen molar-refractivity contribution in [1.29, 1.82) is 0 Å². The number of Topliss-reactive ketones (excluding diaryl/α,β-unsaturated/α-hetero) is 1. The van der Waals surface area contributed by atoms with Gasteiger partial charge in [0.25, 0.3) is 0 Å². The Morgan fingerprint density at radius 3 is 2.95 bits per heavy atom. The van der Waals surface area contributed by atoms with Crippen LogP contribution in [0.4, 0.5) is 4.39 Å². The van der Waals surface area contributed by atoms with Gasteiger partial charge in [-0.05, 0) is 56.0 Å². The number of rotatable bonds is 5. The largest absolute Gasteiger partial charge is 0.314 e. The zero-order valence-corrected chi connectivity index (χ0v) is 11.5. The Morgan fingerprint density at radius 1 is 1.42 bits per heavy atom. The highest BCUT2D eigenvalue weighted by molar-refractivity contribution is 5.81. The van der Waals surface area contributed by atoms with E-state index >= 15 is 0 Å². The summed E-state index contributed by atoms with van der Waals surface area (Å²) in [6.45, 7) is 2.93. The molecule has 1 N–H and O–H groups in total. The lowest BCUT2D eigenvalue weighted by Gasteiger charge is -2.23. The molecular formula is C16H22FNO. The van der Waals surface area contributed by atoms with E-state index in [9.17, 15) is 9.18 Å². The van der Waals surface area contributed by atoms with Gasteiger partial charge in [-0.25, -0.2) is 4.39 Å². The number of aryl methyl sites for hydroxylation is 1. The van der Waals surface area contributed by atoms with E-state index < -0.39 is 0 Å². The smallest absolute Gasteiger partial charge is 0.137 e. The first-order chi connectivity index (χ1) is 9.15. The predicted molar refractivity (Wildman–Crippen MR) is 74.7 cm³/mol. The average Bonchev–Trinajstić information content (AvgIpc) is 2.41. The number of halogens is 1. The molecule has 104 valence electrons. The minimum atomic E-state index is -0.236. The second-order valence-corrected chi connectivity index (χ2v) is 5.47. The standard InChI is InChI=1S/C16H22FNO/c1-12-10-14(17)6-5-13(12)11-16(19)8-7-15-4-2-3-9-18-15/h5-6,10,15,18H,2-4,7-9,11H2,1H3. The third kappa shape index (κ3) is 4.43. The molecule has 1 heterocycles. The third-order valence-corrected chi connectivity index (χ3v) is 3.88. The molecular weight excluding hydrogens is 241 g/mol. The molecule has 1 unspecified atom stereocenters. The lowest BCUT2D eigenvalue weighted by molar-refractivity contribution is -0.118. The van der Waals surface area contributed by atoms with Gasteiger partial charge in [0.1, 0.15) is 11.6 Å². The van der Waals surface area contributed by atoms with Crippen molar-refractivity contribution in [2.45, 2.75) is 51.5 Å². The molecule has 2 nitrogen and oxygen atoms in total. The summed E-state index contributed by atoms with van der Waals surface area (Å²) in [7, 11) is 0. The van der Waals surface area contributed by atoms with E-state index in [-0.39, 0.29) is 11.6 Å². The van der Waals surface area contributed by atoms with Crippen molar-refractivity contribution >= 4 is 5.78 Å². The molecule has 1 saturated heterocycles. The van der Waals surface area contributed by atoms with E-state index in [1.54, 1.807) is 6.07 Å². The van der Waals surface area contributed by atoms with Crippen LogP contribution in [-0.4, -0.2) is 18.4 Å². The molecule has 0 spiro atoms. The molecule has 0 radical (unpaired) electrons. The van der Waals surface area contributed by atoms with Gasteiger partial charge >= 0.3 is 0 Å². The Morgan fingerprint density at radius 2 is 2.26 bits per heavy atom. The van der Waals surface area contributed by atoms with E-state index in [0.29, 0.717) is 18.9 Å². The van der Waals surface area contributed by atoms with Crippen LogP contribution in [0.15, 0.2) is 18.2 Å². The van der Waals surface area contributed by atoms with Crippen LogP contribution in [0, 0.1) is 12.7 Å². The molecule has 2 rings (SSSR count). The Bertz CT molecular complexity index is 438. The highest BCUT2D eigenvalue weighted by atomic mass is 19.1. The normalized spacial score (nSPS) is 19.4. The van der Waals surface area contributed by atoms with Crippen LogP contribution in [0.3, 0.4) is 0 Å². The summed E-state index contributed by atoms with van der Waals surface area (Å²) in [5.74, 6) is 0.0159. The van der Waals surface area contributed by atoms with Crippen molar-refractivity contribution in [1.82, 2.24) is 5.32 Å². The van der Waals surface area contributed by atoms with Crippen LogP contribution in [0.5, 0.6) is 0 Å². The Balaban J connectivity index is 1.80. The van der Waals surface area contributed by atoms with Gasteiger partial charge in [0.15, 0.2) is 0 Å². The van der Waals surface area contributed by atoms with E-state index in [4.69, 9.17) is 0 Å². The SMILES string of the molecule is Cc1cc(F)ccc1CC(=O)CCC1CCCCN1. The average molecular weight is 263 g/mol. The van der Waals surface area contributed by atoms with E-state index in [0.717, 1.165) is 24.1 Å². The molecule has 1 aromatic carbocycles. The summed E-state index contributed by atoms with van der Waals surface area (Å²) in [5, 5.41) is 3.46. The summed E-state index contributed by atoms with van der Waals surface area (Å²) in [4.78, 5) is 12.0. The van der Waals surface area contributed by atoms with Crippen LogP contribution in [-0.2, 0) is 11.2 Å². The van der Waals surface area contributed by atoms with Crippen LogP contribution in [0.1, 0.15) is 43.2 Å². The quantitative estimate of drug-likeness (QED) is 0.884. The summed E-state index contributed by atoms with van der Waals surface area (Å²) in [5.41, 5.74) is 1.81.